The van der Waals surface area contributed by atoms with E-state index in [1.54, 1.807) is 0 Å². The zero-order valence-corrected chi connectivity index (χ0v) is 16.4. The van der Waals surface area contributed by atoms with Crippen LogP contribution in [0.4, 0.5) is 15.5 Å². The zero-order valence-electron chi connectivity index (χ0n) is 15.6. The van der Waals surface area contributed by atoms with E-state index in [-0.39, 0.29) is 23.4 Å². The van der Waals surface area contributed by atoms with Crippen LogP contribution < -0.4 is 5.32 Å². The predicted molar refractivity (Wildman–Crippen MR) is 103 cm³/mol. The van der Waals surface area contributed by atoms with E-state index in [4.69, 9.17) is 9.47 Å². The number of methoxy groups -OCH3 is 2. The number of nitro benzene ring substituents is 1. The average molecular weight is 419 g/mol. The van der Waals surface area contributed by atoms with Gasteiger partial charge in [0, 0.05) is 29.1 Å². The average Bonchev–Trinajstić information content (AvgIpc) is 3.09. The van der Waals surface area contributed by atoms with Crippen LogP contribution in [-0.4, -0.2) is 48.6 Å². The molecule has 0 bridgehead atoms. The first-order valence-corrected chi connectivity index (χ1v) is 9.29. The third-order valence-corrected chi connectivity index (χ3v) is 5.58. The fourth-order valence-corrected chi connectivity index (χ4v) is 4.25. The van der Waals surface area contributed by atoms with Crippen LogP contribution in [0.25, 0.3) is 0 Å². The Balaban J connectivity index is 1.89. The molecule has 0 radical (unpaired) electrons. The van der Waals surface area contributed by atoms with Gasteiger partial charge in [-0.3, -0.25) is 14.9 Å². The van der Waals surface area contributed by atoms with Crippen LogP contribution in [0.2, 0.25) is 0 Å². The Bertz CT molecular complexity index is 984. The summed E-state index contributed by atoms with van der Waals surface area (Å²) in [6, 6.07) is 5.11. The van der Waals surface area contributed by atoms with Crippen LogP contribution >= 0.6 is 11.3 Å². The highest BCUT2D eigenvalue weighted by molar-refractivity contribution is 7.17. The maximum absolute atomic E-state index is 12.6. The molecule has 152 valence electrons. The number of non-ortho nitro benzene ring substituents is 1. The van der Waals surface area contributed by atoms with E-state index >= 15 is 0 Å². The van der Waals surface area contributed by atoms with E-state index in [0.29, 0.717) is 18.0 Å². The normalized spacial score (nSPS) is 12.7. The number of carbonyl (C=O) groups is 3. The Morgan fingerprint density at radius 1 is 1.17 bits per heavy atom. The third-order valence-electron chi connectivity index (χ3n) is 4.45. The van der Waals surface area contributed by atoms with Crippen molar-refractivity contribution in [3.05, 3.63) is 55.9 Å². The minimum atomic E-state index is -0.590. The molecule has 29 heavy (non-hydrogen) atoms. The number of carbonyl (C=O) groups excluding carboxylic acids is 3. The monoisotopic (exact) mass is 419 g/mol. The Hall–Kier alpha value is -3.47. The number of hydrogen-bond acceptors (Lipinski definition) is 8. The minimum Gasteiger partial charge on any atom is -0.465 e. The van der Waals surface area contributed by atoms with Gasteiger partial charge in [0.1, 0.15) is 5.00 Å². The van der Waals surface area contributed by atoms with Gasteiger partial charge in [0.15, 0.2) is 0 Å². The van der Waals surface area contributed by atoms with Crippen LogP contribution in [0.15, 0.2) is 24.3 Å². The van der Waals surface area contributed by atoms with Gasteiger partial charge in [-0.1, -0.05) is 0 Å². The SMILES string of the molecule is COC(=O)c1c(NC(=O)c2ccc([N+](=O)[O-])cc2)sc2c1CCN(C(=O)OC)C2. The molecule has 11 heteroatoms. The van der Waals surface area contributed by atoms with Crippen molar-refractivity contribution in [1.82, 2.24) is 4.90 Å². The molecule has 0 spiro atoms. The highest BCUT2D eigenvalue weighted by Gasteiger charge is 2.31. The van der Waals surface area contributed by atoms with E-state index in [9.17, 15) is 24.5 Å². The lowest BCUT2D eigenvalue weighted by Crippen LogP contribution is -2.35. The van der Waals surface area contributed by atoms with Gasteiger partial charge in [-0.2, -0.15) is 0 Å². The maximum Gasteiger partial charge on any atom is 0.409 e. The van der Waals surface area contributed by atoms with E-state index in [1.165, 1.54) is 54.7 Å². The molecule has 10 nitrogen and oxygen atoms in total. The summed E-state index contributed by atoms with van der Waals surface area (Å²) in [6.07, 6.45) is -0.0567. The molecule has 0 aliphatic carbocycles. The van der Waals surface area contributed by atoms with Gasteiger partial charge in [0.25, 0.3) is 11.6 Å². The number of ether oxygens (including phenoxy) is 2. The number of fused-ring (bicyclic) bond motifs is 1. The van der Waals surface area contributed by atoms with Gasteiger partial charge in [0.2, 0.25) is 0 Å². The number of nitrogens with zero attached hydrogens (tertiary/aromatic N) is 2. The van der Waals surface area contributed by atoms with E-state index in [1.807, 2.05) is 0 Å². The molecule has 1 aliphatic rings. The van der Waals surface area contributed by atoms with E-state index in [0.717, 1.165) is 10.4 Å². The Labute approximate surface area is 169 Å². The summed E-state index contributed by atoms with van der Waals surface area (Å²) in [4.78, 5) is 49.2. The number of nitrogens with one attached hydrogen (secondary N) is 1. The molecular weight excluding hydrogens is 402 g/mol. The van der Waals surface area contributed by atoms with Gasteiger partial charge in [-0.05, 0) is 24.1 Å². The number of benzene rings is 1. The van der Waals surface area contributed by atoms with Crippen molar-refractivity contribution < 1.29 is 28.8 Å². The summed E-state index contributed by atoms with van der Waals surface area (Å²) < 4.78 is 9.60. The smallest absolute Gasteiger partial charge is 0.409 e. The van der Waals surface area contributed by atoms with Crippen molar-refractivity contribution >= 4 is 40.0 Å². The Morgan fingerprint density at radius 3 is 2.45 bits per heavy atom. The van der Waals surface area contributed by atoms with Crippen molar-refractivity contribution in [1.29, 1.82) is 0 Å². The molecule has 1 N–H and O–H groups in total. The summed E-state index contributed by atoms with van der Waals surface area (Å²) in [7, 11) is 2.54. The summed E-state index contributed by atoms with van der Waals surface area (Å²) in [5, 5.41) is 13.7. The molecular formula is C18H17N3O7S. The van der Waals surface area contributed by atoms with Crippen LogP contribution in [0, 0.1) is 10.1 Å². The molecule has 3 rings (SSSR count). The molecule has 1 aromatic carbocycles. The van der Waals surface area contributed by atoms with Crippen LogP contribution in [0.3, 0.4) is 0 Å². The predicted octanol–water partition coefficient (Wildman–Crippen LogP) is 2.82. The zero-order chi connectivity index (χ0) is 21.1. The number of rotatable bonds is 4. The fourth-order valence-electron chi connectivity index (χ4n) is 3.00. The summed E-state index contributed by atoms with van der Waals surface area (Å²) in [6.45, 7) is 0.625. The first-order chi connectivity index (χ1) is 13.8. The highest BCUT2D eigenvalue weighted by atomic mass is 32.1. The van der Waals surface area contributed by atoms with Crippen molar-refractivity contribution in [3.63, 3.8) is 0 Å². The van der Waals surface area contributed by atoms with Gasteiger partial charge < -0.3 is 19.7 Å². The Morgan fingerprint density at radius 2 is 1.86 bits per heavy atom. The fraction of sp³-hybridized carbons (Fsp3) is 0.278. The summed E-state index contributed by atoms with van der Waals surface area (Å²) in [5.74, 6) is -1.11. The summed E-state index contributed by atoms with van der Waals surface area (Å²) in [5.41, 5.74) is 1.05. The highest BCUT2D eigenvalue weighted by Crippen LogP contribution is 2.38. The largest absolute Gasteiger partial charge is 0.465 e. The number of thiophene rings is 1. The number of hydrogen-bond donors (Lipinski definition) is 1. The number of amides is 2. The van der Waals surface area contributed by atoms with Gasteiger partial charge in [0.05, 0.1) is 31.3 Å². The molecule has 0 atom stereocenters. The number of esters is 1. The van der Waals surface area contributed by atoms with E-state index < -0.39 is 22.9 Å². The molecule has 0 saturated heterocycles. The van der Waals surface area contributed by atoms with Gasteiger partial charge in [-0.15, -0.1) is 11.3 Å². The second-order valence-corrected chi connectivity index (χ2v) is 7.20. The lowest BCUT2D eigenvalue weighted by Gasteiger charge is -2.25. The molecule has 0 fully saturated rings. The van der Waals surface area contributed by atoms with Crippen molar-refractivity contribution in [2.45, 2.75) is 13.0 Å². The maximum atomic E-state index is 12.6. The lowest BCUT2D eigenvalue weighted by atomic mass is 10.0. The quantitative estimate of drug-likeness (QED) is 0.458. The molecule has 2 aromatic rings. The van der Waals surface area contributed by atoms with Crippen LogP contribution in [-0.2, 0) is 22.4 Å². The first kappa shape index (κ1) is 20.3. The van der Waals surface area contributed by atoms with Gasteiger partial charge >= 0.3 is 12.1 Å². The third kappa shape index (κ3) is 4.04. The lowest BCUT2D eigenvalue weighted by molar-refractivity contribution is -0.384. The molecule has 1 aliphatic heterocycles. The minimum absolute atomic E-state index is 0.133. The van der Waals surface area contributed by atoms with Crippen molar-refractivity contribution in [3.8, 4) is 0 Å². The molecule has 0 saturated carbocycles. The van der Waals surface area contributed by atoms with Crippen LogP contribution in [0.1, 0.15) is 31.2 Å². The van der Waals surface area contributed by atoms with Crippen molar-refractivity contribution in [2.75, 3.05) is 26.1 Å². The first-order valence-electron chi connectivity index (χ1n) is 8.47. The number of nitro groups is 1. The molecule has 2 amide bonds. The summed E-state index contributed by atoms with van der Waals surface area (Å²) >= 11 is 1.18. The van der Waals surface area contributed by atoms with Crippen molar-refractivity contribution in [2.24, 2.45) is 0 Å². The second-order valence-electron chi connectivity index (χ2n) is 6.10. The van der Waals surface area contributed by atoms with Gasteiger partial charge in [-0.25, -0.2) is 9.59 Å². The molecule has 0 unspecified atom stereocenters. The Kier molecular flexibility index (Phi) is 5.78. The molecule has 1 aromatic heterocycles. The van der Waals surface area contributed by atoms with E-state index in [2.05, 4.69) is 5.32 Å². The number of anilines is 1. The molecule has 2 heterocycles. The topological polar surface area (TPSA) is 128 Å². The second kappa shape index (κ2) is 8.27. The standard InChI is InChI=1S/C18H17N3O7S/c1-27-17(23)14-12-7-8-20(18(24)28-2)9-13(12)29-16(14)19-15(22)10-3-5-11(6-4-10)21(25)26/h3-6H,7-9H2,1-2H3,(H,19,22). The van der Waals surface area contributed by atoms with Crippen LogP contribution in [0.5, 0.6) is 0 Å².